The number of nitrogens with one attached hydrogen (secondary N) is 1. The van der Waals surface area contributed by atoms with Crippen LogP contribution in [-0.2, 0) is 12.7 Å². The zero-order chi connectivity index (χ0) is 16.3. The van der Waals surface area contributed by atoms with E-state index in [-0.39, 0.29) is 24.1 Å². The molecule has 0 fully saturated rings. The third-order valence-electron chi connectivity index (χ3n) is 2.92. The molecule has 6 heteroatoms. The van der Waals surface area contributed by atoms with Gasteiger partial charge in [0.2, 0.25) is 0 Å². The van der Waals surface area contributed by atoms with Crippen LogP contribution in [0.1, 0.15) is 38.3 Å². The minimum Gasteiger partial charge on any atom is -0.392 e. The SMILES string of the molecule is CC(C)(C)CC(O)CNCc1ccc(F)cc1C(F)(F)F. The smallest absolute Gasteiger partial charge is 0.392 e. The zero-order valence-corrected chi connectivity index (χ0v) is 12.4. The summed E-state index contributed by atoms with van der Waals surface area (Å²) in [6.07, 6.45) is -4.70. The molecular weight excluding hydrogens is 286 g/mol. The highest BCUT2D eigenvalue weighted by Gasteiger charge is 2.33. The standard InChI is InChI=1S/C15H21F4NO/c1-14(2,3)7-12(21)9-20-8-10-4-5-11(16)6-13(10)15(17,18)19/h4-6,12,20-21H,7-9H2,1-3H3. The van der Waals surface area contributed by atoms with Gasteiger partial charge in [0.1, 0.15) is 5.82 Å². The van der Waals surface area contributed by atoms with Crippen molar-refractivity contribution in [1.29, 1.82) is 0 Å². The van der Waals surface area contributed by atoms with Crippen molar-refractivity contribution in [3.05, 3.63) is 35.1 Å². The molecule has 0 aliphatic rings. The fourth-order valence-corrected chi connectivity index (χ4v) is 2.12. The number of halogens is 4. The summed E-state index contributed by atoms with van der Waals surface area (Å²) in [5.74, 6) is -0.918. The Bertz CT molecular complexity index is 466. The van der Waals surface area contributed by atoms with E-state index >= 15 is 0 Å². The Morgan fingerprint density at radius 3 is 2.33 bits per heavy atom. The Labute approximate surface area is 122 Å². The lowest BCUT2D eigenvalue weighted by molar-refractivity contribution is -0.138. The first-order valence-corrected chi connectivity index (χ1v) is 6.73. The minimum absolute atomic E-state index is 0.0353. The number of alkyl halides is 3. The van der Waals surface area contributed by atoms with Crippen LogP contribution in [0, 0.1) is 11.2 Å². The van der Waals surface area contributed by atoms with Crippen molar-refractivity contribution in [2.75, 3.05) is 6.54 Å². The van der Waals surface area contributed by atoms with E-state index in [0.29, 0.717) is 12.5 Å². The molecule has 1 aromatic carbocycles. The first-order valence-electron chi connectivity index (χ1n) is 6.73. The summed E-state index contributed by atoms with van der Waals surface area (Å²) in [6.45, 7) is 6.02. The van der Waals surface area contributed by atoms with Crippen molar-refractivity contribution in [3.63, 3.8) is 0 Å². The number of hydrogen-bond donors (Lipinski definition) is 2. The first kappa shape index (κ1) is 17.9. The van der Waals surface area contributed by atoms with Crippen molar-refractivity contribution < 1.29 is 22.7 Å². The van der Waals surface area contributed by atoms with Crippen molar-refractivity contribution >= 4 is 0 Å². The molecule has 0 heterocycles. The van der Waals surface area contributed by atoms with Crippen LogP contribution in [0.15, 0.2) is 18.2 Å². The Kier molecular flexibility index (Phi) is 5.75. The van der Waals surface area contributed by atoms with Crippen LogP contribution in [0.3, 0.4) is 0 Å². The van der Waals surface area contributed by atoms with E-state index in [1.54, 1.807) is 0 Å². The number of hydrogen-bond acceptors (Lipinski definition) is 2. The molecule has 0 spiro atoms. The number of benzene rings is 1. The third-order valence-corrected chi connectivity index (χ3v) is 2.92. The highest BCUT2D eigenvalue weighted by atomic mass is 19.4. The molecule has 0 radical (unpaired) electrons. The second kappa shape index (κ2) is 6.75. The topological polar surface area (TPSA) is 32.3 Å². The van der Waals surface area contributed by atoms with E-state index in [2.05, 4.69) is 5.32 Å². The third kappa shape index (κ3) is 6.44. The molecule has 1 unspecified atom stereocenters. The van der Waals surface area contributed by atoms with Crippen LogP contribution >= 0.6 is 0 Å². The van der Waals surface area contributed by atoms with E-state index in [9.17, 15) is 22.7 Å². The summed E-state index contributed by atoms with van der Waals surface area (Å²) in [7, 11) is 0. The molecule has 120 valence electrons. The van der Waals surface area contributed by atoms with Crippen LogP contribution in [0.2, 0.25) is 0 Å². The van der Waals surface area contributed by atoms with Crippen molar-refractivity contribution in [2.24, 2.45) is 5.41 Å². The van der Waals surface area contributed by atoms with Gasteiger partial charge in [-0.1, -0.05) is 26.8 Å². The molecule has 0 bridgehead atoms. The van der Waals surface area contributed by atoms with Gasteiger partial charge in [-0.05, 0) is 29.5 Å². The van der Waals surface area contributed by atoms with Gasteiger partial charge < -0.3 is 10.4 Å². The summed E-state index contributed by atoms with van der Waals surface area (Å²) < 4.78 is 51.3. The fraction of sp³-hybridized carbons (Fsp3) is 0.600. The van der Waals surface area contributed by atoms with Crippen LogP contribution in [-0.4, -0.2) is 17.8 Å². The van der Waals surface area contributed by atoms with Crippen molar-refractivity contribution in [2.45, 2.75) is 46.0 Å². The first-order chi connectivity index (χ1) is 9.49. The molecule has 2 N–H and O–H groups in total. The van der Waals surface area contributed by atoms with Crippen molar-refractivity contribution in [3.8, 4) is 0 Å². The Morgan fingerprint density at radius 2 is 1.81 bits per heavy atom. The molecule has 0 aromatic heterocycles. The van der Waals surface area contributed by atoms with E-state index < -0.39 is 23.7 Å². The number of rotatable bonds is 5. The van der Waals surface area contributed by atoms with Gasteiger partial charge in [-0.3, -0.25) is 0 Å². The van der Waals surface area contributed by atoms with Gasteiger partial charge in [0.05, 0.1) is 11.7 Å². The molecule has 0 aliphatic heterocycles. The molecule has 2 nitrogen and oxygen atoms in total. The molecule has 0 saturated carbocycles. The highest BCUT2D eigenvalue weighted by Crippen LogP contribution is 2.32. The van der Waals surface area contributed by atoms with Gasteiger partial charge in [0.15, 0.2) is 0 Å². The maximum absolute atomic E-state index is 13.0. The quantitative estimate of drug-likeness (QED) is 0.812. The average Bonchev–Trinajstić information content (AvgIpc) is 2.27. The van der Waals surface area contributed by atoms with Crippen molar-refractivity contribution in [1.82, 2.24) is 5.32 Å². The lowest BCUT2D eigenvalue weighted by Gasteiger charge is -2.22. The number of aliphatic hydroxyl groups excluding tert-OH is 1. The fourth-order valence-electron chi connectivity index (χ4n) is 2.12. The van der Waals surface area contributed by atoms with Crippen LogP contribution < -0.4 is 5.32 Å². The maximum Gasteiger partial charge on any atom is 0.416 e. The zero-order valence-electron chi connectivity index (χ0n) is 12.4. The monoisotopic (exact) mass is 307 g/mol. The number of aliphatic hydroxyl groups is 1. The summed E-state index contributed by atoms with van der Waals surface area (Å²) in [4.78, 5) is 0. The lowest BCUT2D eigenvalue weighted by atomic mass is 9.89. The van der Waals surface area contributed by atoms with Gasteiger partial charge in [0.25, 0.3) is 0 Å². The molecular formula is C15H21F4NO. The van der Waals surface area contributed by atoms with Crippen LogP contribution in [0.25, 0.3) is 0 Å². The molecule has 0 amide bonds. The lowest BCUT2D eigenvalue weighted by Crippen LogP contribution is -2.30. The summed E-state index contributed by atoms with van der Waals surface area (Å²) in [5, 5.41) is 12.6. The summed E-state index contributed by atoms with van der Waals surface area (Å²) in [5.41, 5.74) is -1.08. The predicted molar refractivity (Wildman–Crippen MR) is 73.2 cm³/mol. The van der Waals surface area contributed by atoms with Crippen LogP contribution in [0.4, 0.5) is 17.6 Å². The van der Waals surface area contributed by atoms with E-state index in [4.69, 9.17) is 0 Å². The maximum atomic E-state index is 13.0. The molecule has 0 aliphatic carbocycles. The van der Waals surface area contributed by atoms with Gasteiger partial charge in [-0.2, -0.15) is 13.2 Å². The van der Waals surface area contributed by atoms with E-state index in [0.717, 1.165) is 12.1 Å². The normalized spacial score (nSPS) is 14.3. The highest BCUT2D eigenvalue weighted by molar-refractivity contribution is 5.30. The van der Waals surface area contributed by atoms with E-state index in [1.165, 1.54) is 0 Å². The second-order valence-corrected chi connectivity index (χ2v) is 6.35. The average molecular weight is 307 g/mol. The molecule has 1 rings (SSSR count). The summed E-state index contributed by atoms with van der Waals surface area (Å²) in [6, 6.07) is 2.60. The Hall–Kier alpha value is -1.14. The Balaban J connectivity index is 2.64. The predicted octanol–water partition coefficient (Wildman–Crippen LogP) is 3.73. The van der Waals surface area contributed by atoms with Gasteiger partial charge in [-0.15, -0.1) is 0 Å². The largest absolute Gasteiger partial charge is 0.416 e. The van der Waals surface area contributed by atoms with Gasteiger partial charge >= 0.3 is 6.18 Å². The second-order valence-electron chi connectivity index (χ2n) is 6.35. The van der Waals surface area contributed by atoms with E-state index in [1.807, 2.05) is 20.8 Å². The molecule has 1 aromatic rings. The Morgan fingerprint density at radius 1 is 1.19 bits per heavy atom. The minimum atomic E-state index is -4.59. The van der Waals surface area contributed by atoms with Gasteiger partial charge in [0, 0.05) is 13.1 Å². The van der Waals surface area contributed by atoms with Crippen LogP contribution in [0.5, 0.6) is 0 Å². The van der Waals surface area contributed by atoms with Gasteiger partial charge in [-0.25, -0.2) is 4.39 Å². The molecule has 0 saturated heterocycles. The summed E-state index contributed by atoms with van der Waals surface area (Å²) >= 11 is 0. The molecule has 1 atom stereocenters. The molecule has 21 heavy (non-hydrogen) atoms.